The molecule has 0 aromatic heterocycles. The largest absolute Gasteiger partial charge is 0.478 e. The molecule has 11 heteroatoms. The number of hydrazone groups is 1. The maximum absolute atomic E-state index is 15.4. The average Bonchev–Trinajstić information content (AvgIpc) is 3.35. The molecule has 0 amide bonds. The second-order valence-electron chi connectivity index (χ2n) is 9.27. The van der Waals surface area contributed by atoms with Crippen molar-refractivity contribution in [2.75, 3.05) is 68.1 Å². The lowest BCUT2D eigenvalue weighted by molar-refractivity contribution is 0.0697. The molecule has 1 atom stereocenters. The van der Waals surface area contributed by atoms with Crippen LogP contribution < -0.4 is 25.9 Å². The Kier molecular flexibility index (Phi) is 7.90. The lowest BCUT2D eigenvalue weighted by Gasteiger charge is -2.38. The van der Waals surface area contributed by atoms with E-state index in [2.05, 4.69) is 44.2 Å². The van der Waals surface area contributed by atoms with Gasteiger partial charge in [0, 0.05) is 62.2 Å². The number of hydrogen-bond acceptors (Lipinski definition) is 7. The predicted molar refractivity (Wildman–Crippen MR) is 146 cm³/mol. The van der Waals surface area contributed by atoms with Crippen LogP contribution in [0.3, 0.4) is 0 Å². The van der Waals surface area contributed by atoms with Crippen molar-refractivity contribution in [1.82, 2.24) is 10.3 Å². The molecule has 0 saturated carbocycles. The van der Waals surface area contributed by atoms with Gasteiger partial charge < -0.3 is 30.4 Å². The van der Waals surface area contributed by atoms with Crippen LogP contribution in [0.15, 0.2) is 41.5 Å². The Morgan fingerprint density at radius 3 is 2.36 bits per heavy atom. The molecular weight excluding hydrogens is 481 g/mol. The highest BCUT2D eigenvalue weighted by Gasteiger charge is 2.28. The molecule has 0 aliphatic carbocycles. The second kappa shape index (κ2) is 11.1. The number of carboxylic acid groups (broad SMARTS) is 1. The van der Waals surface area contributed by atoms with Gasteiger partial charge in [0.05, 0.1) is 17.5 Å². The molecule has 4 N–H and O–H groups in total. The number of carboxylic acids is 1. The number of aromatic carboxylic acids is 1. The minimum atomic E-state index is -0.942. The lowest BCUT2D eigenvalue weighted by atomic mass is 10.1. The van der Waals surface area contributed by atoms with Crippen molar-refractivity contribution in [1.29, 1.82) is 0 Å². The quantitative estimate of drug-likeness (QED) is 0.292. The summed E-state index contributed by atoms with van der Waals surface area (Å²) in [5.41, 5.74) is 11.4. The zero-order valence-corrected chi connectivity index (χ0v) is 21.3. The topological polar surface area (TPSA) is 101 Å². The van der Waals surface area contributed by atoms with Gasteiger partial charge in [0.15, 0.2) is 5.11 Å². The highest BCUT2D eigenvalue weighted by Crippen LogP contribution is 2.33. The summed E-state index contributed by atoms with van der Waals surface area (Å²) >= 11 is 4.82. The molecule has 2 aliphatic rings. The Bertz CT molecular complexity index is 1130. The standard InChI is InChI=1S/C25H32FN7O2S/c1-30(2)20-7-8-33(16-20)22-14-23(21(26)13-18(22)15-28-29-25(27)36)32-11-9-31(10-12-32)19-5-3-17(4-6-19)24(34)35/h3-6,13-15,20H,7-12,16H2,1-2H3,(H,34,35)(H3,27,29,36)/t20-/m1/s1. The summed E-state index contributed by atoms with van der Waals surface area (Å²) in [4.78, 5) is 19.9. The van der Waals surface area contributed by atoms with Gasteiger partial charge in [-0.05, 0) is 69.1 Å². The molecule has 2 aromatic carbocycles. The monoisotopic (exact) mass is 513 g/mol. The van der Waals surface area contributed by atoms with E-state index in [1.54, 1.807) is 18.3 Å². The van der Waals surface area contributed by atoms with Gasteiger partial charge in [0.1, 0.15) is 5.82 Å². The minimum Gasteiger partial charge on any atom is -0.478 e. The van der Waals surface area contributed by atoms with Crippen LogP contribution >= 0.6 is 12.2 Å². The van der Waals surface area contributed by atoms with Gasteiger partial charge in [-0.3, -0.25) is 5.43 Å². The molecule has 192 valence electrons. The molecule has 2 fully saturated rings. The van der Waals surface area contributed by atoms with Crippen LogP contribution in [-0.2, 0) is 0 Å². The molecule has 0 spiro atoms. The van der Waals surface area contributed by atoms with Crippen molar-refractivity contribution in [2.45, 2.75) is 12.5 Å². The van der Waals surface area contributed by atoms with Crippen LogP contribution in [0.4, 0.5) is 21.5 Å². The van der Waals surface area contributed by atoms with Crippen LogP contribution in [0.25, 0.3) is 0 Å². The van der Waals surface area contributed by atoms with E-state index in [1.165, 1.54) is 6.07 Å². The summed E-state index contributed by atoms with van der Waals surface area (Å²) in [5, 5.41) is 13.2. The number of halogens is 1. The highest BCUT2D eigenvalue weighted by atomic mass is 32.1. The van der Waals surface area contributed by atoms with Gasteiger partial charge in [-0.25, -0.2) is 9.18 Å². The summed E-state index contributed by atoms with van der Waals surface area (Å²) in [5.74, 6) is -1.25. The number of thiocarbonyl (C=S) groups is 1. The van der Waals surface area contributed by atoms with Crippen LogP contribution in [-0.4, -0.2) is 86.7 Å². The lowest BCUT2D eigenvalue weighted by Crippen LogP contribution is -2.47. The number of nitrogens with one attached hydrogen (secondary N) is 1. The third-order valence-corrected chi connectivity index (χ3v) is 6.90. The van der Waals surface area contributed by atoms with Gasteiger partial charge in [0.2, 0.25) is 0 Å². The van der Waals surface area contributed by atoms with Crippen molar-refractivity contribution < 1.29 is 14.3 Å². The first-order valence-corrected chi connectivity index (χ1v) is 12.3. The summed E-state index contributed by atoms with van der Waals surface area (Å²) in [6, 6.07) is 10.7. The van der Waals surface area contributed by atoms with Crippen LogP contribution in [0.1, 0.15) is 22.3 Å². The first kappa shape index (κ1) is 25.6. The Morgan fingerprint density at radius 1 is 1.11 bits per heavy atom. The number of anilines is 3. The molecule has 36 heavy (non-hydrogen) atoms. The number of benzene rings is 2. The molecule has 4 rings (SSSR count). The van der Waals surface area contributed by atoms with Crippen LogP contribution in [0, 0.1) is 5.82 Å². The van der Waals surface area contributed by atoms with Crippen molar-refractivity contribution >= 4 is 46.6 Å². The van der Waals surface area contributed by atoms with E-state index in [0.717, 1.165) is 30.9 Å². The summed E-state index contributed by atoms with van der Waals surface area (Å²) in [6.07, 6.45) is 2.59. The molecule has 2 heterocycles. The third-order valence-electron chi connectivity index (χ3n) is 6.81. The zero-order chi connectivity index (χ0) is 25.8. The fraction of sp³-hybridized carbons (Fsp3) is 0.400. The number of nitrogens with zero attached hydrogens (tertiary/aromatic N) is 5. The van der Waals surface area contributed by atoms with Crippen LogP contribution in [0.2, 0.25) is 0 Å². The van der Waals surface area contributed by atoms with E-state index in [0.29, 0.717) is 43.5 Å². The molecule has 2 aliphatic heterocycles. The highest BCUT2D eigenvalue weighted by molar-refractivity contribution is 7.80. The maximum atomic E-state index is 15.4. The predicted octanol–water partition coefficient (Wildman–Crippen LogP) is 2.16. The van der Waals surface area contributed by atoms with Crippen molar-refractivity contribution in [3.05, 3.63) is 53.3 Å². The van der Waals surface area contributed by atoms with E-state index in [9.17, 15) is 4.79 Å². The Morgan fingerprint density at radius 2 is 1.78 bits per heavy atom. The van der Waals surface area contributed by atoms with E-state index in [4.69, 9.17) is 23.1 Å². The Labute approximate surface area is 215 Å². The third kappa shape index (κ3) is 5.85. The number of piperazine rings is 1. The van der Waals surface area contributed by atoms with E-state index in [1.807, 2.05) is 18.2 Å². The van der Waals surface area contributed by atoms with Gasteiger partial charge in [0.25, 0.3) is 0 Å². The summed E-state index contributed by atoms with van der Waals surface area (Å²) < 4.78 is 15.4. The maximum Gasteiger partial charge on any atom is 0.335 e. The van der Waals surface area contributed by atoms with Crippen molar-refractivity contribution in [3.63, 3.8) is 0 Å². The van der Waals surface area contributed by atoms with Gasteiger partial charge >= 0.3 is 5.97 Å². The molecule has 2 aromatic rings. The normalized spacial score (nSPS) is 18.3. The molecule has 2 saturated heterocycles. The van der Waals surface area contributed by atoms with E-state index in [-0.39, 0.29) is 16.5 Å². The molecule has 0 bridgehead atoms. The molecule has 9 nitrogen and oxygen atoms in total. The number of nitrogens with two attached hydrogens (primary N) is 1. The fourth-order valence-corrected chi connectivity index (χ4v) is 4.81. The minimum absolute atomic E-state index is 0.0502. The number of likely N-dealkylation sites (N-methyl/N-ethyl adjacent to an activating group) is 1. The number of hydrogen-bond donors (Lipinski definition) is 3. The van der Waals surface area contributed by atoms with E-state index >= 15 is 4.39 Å². The van der Waals surface area contributed by atoms with E-state index < -0.39 is 5.97 Å². The Balaban J connectivity index is 1.54. The number of carbonyl (C=O) groups is 1. The van der Waals surface area contributed by atoms with Crippen molar-refractivity contribution in [3.8, 4) is 0 Å². The zero-order valence-electron chi connectivity index (χ0n) is 20.5. The van der Waals surface area contributed by atoms with Crippen LogP contribution in [0.5, 0.6) is 0 Å². The second-order valence-corrected chi connectivity index (χ2v) is 9.71. The first-order valence-electron chi connectivity index (χ1n) is 11.9. The molecular formula is C25H32FN7O2S. The van der Waals surface area contributed by atoms with Gasteiger partial charge in [-0.15, -0.1) is 0 Å². The molecule has 0 radical (unpaired) electrons. The molecule has 0 unspecified atom stereocenters. The van der Waals surface area contributed by atoms with Gasteiger partial charge in [-0.2, -0.15) is 5.10 Å². The fourth-order valence-electron chi connectivity index (χ4n) is 4.75. The van der Waals surface area contributed by atoms with Gasteiger partial charge in [-0.1, -0.05) is 0 Å². The summed E-state index contributed by atoms with van der Waals surface area (Å²) in [7, 11) is 4.15. The summed E-state index contributed by atoms with van der Waals surface area (Å²) in [6.45, 7) is 4.42. The Hall–Kier alpha value is -3.44. The first-order chi connectivity index (χ1) is 17.2. The average molecular weight is 514 g/mol. The smallest absolute Gasteiger partial charge is 0.335 e. The van der Waals surface area contributed by atoms with Crippen molar-refractivity contribution in [2.24, 2.45) is 10.8 Å². The SMILES string of the molecule is CN(C)[C@@H]1CCN(c2cc(N3CCN(c4ccc(C(=O)O)cc4)CC3)c(F)cc2C=NNC(N)=S)C1. The number of rotatable bonds is 7.